The summed E-state index contributed by atoms with van der Waals surface area (Å²) in [7, 11) is 0. The molecule has 0 aliphatic carbocycles. The van der Waals surface area contributed by atoms with Gasteiger partial charge in [0.2, 0.25) is 6.79 Å². The standard InChI is InChI=1S/C7H6O3.C2H4O2/c8-5-1-2-6-7(3-5)10-4-9-6;1-2(3)4/h1-3,8H,4H2;1H3,(H,3,4). The molecule has 0 bridgehead atoms. The molecule has 1 aromatic carbocycles. The Kier molecular flexibility index (Phi) is 3.17. The predicted octanol–water partition coefficient (Wildman–Crippen LogP) is 1.21. The second-order valence-electron chi connectivity index (χ2n) is 2.56. The molecule has 1 aliphatic heterocycles. The fourth-order valence-corrected chi connectivity index (χ4v) is 0.885. The van der Waals surface area contributed by atoms with E-state index < -0.39 is 5.97 Å². The summed E-state index contributed by atoms with van der Waals surface area (Å²) in [5.74, 6) is 0.669. The summed E-state index contributed by atoms with van der Waals surface area (Å²) in [4.78, 5) is 9.00. The lowest BCUT2D eigenvalue weighted by atomic mass is 10.3. The van der Waals surface area contributed by atoms with Crippen LogP contribution in [-0.2, 0) is 4.79 Å². The van der Waals surface area contributed by atoms with E-state index in [4.69, 9.17) is 24.5 Å². The van der Waals surface area contributed by atoms with Crippen molar-refractivity contribution in [2.24, 2.45) is 0 Å². The van der Waals surface area contributed by atoms with Crippen molar-refractivity contribution in [1.29, 1.82) is 0 Å². The van der Waals surface area contributed by atoms with Gasteiger partial charge in [0.25, 0.3) is 5.97 Å². The summed E-state index contributed by atoms with van der Waals surface area (Å²) in [6, 6.07) is 4.77. The highest BCUT2D eigenvalue weighted by Crippen LogP contribution is 2.34. The topological polar surface area (TPSA) is 76.0 Å². The Bertz CT molecular complexity index is 330. The first-order chi connectivity index (χ1) is 6.59. The summed E-state index contributed by atoms with van der Waals surface area (Å²) in [6.07, 6.45) is 0. The number of fused-ring (bicyclic) bond motifs is 1. The normalized spacial score (nSPS) is 11.5. The highest BCUT2D eigenvalue weighted by molar-refractivity contribution is 5.62. The number of aliphatic carboxylic acids is 1. The lowest BCUT2D eigenvalue weighted by Gasteiger charge is -1.93. The number of benzene rings is 1. The molecule has 76 valence electrons. The molecule has 0 spiro atoms. The zero-order valence-corrected chi connectivity index (χ0v) is 7.56. The van der Waals surface area contributed by atoms with Gasteiger partial charge in [-0.3, -0.25) is 4.79 Å². The van der Waals surface area contributed by atoms with E-state index in [0.29, 0.717) is 11.5 Å². The number of carboxylic acids is 1. The van der Waals surface area contributed by atoms with Crippen LogP contribution in [-0.4, -0.2) is 23.0 Å². The minimum Gasteiger partial charge on any atom is -0.508 e. The maximum atomic E-state index is 9.00. The molecule has 0 fully saturated rings. The van der Waals surface area contributed by atoms with Gasteiger partial charge in [-0.15, -0.1) is 0 Å². The highest BCUT2D eigenvalue weighted by Gasteiger charge is 2.12. The maximum Gasteiger partial charge on any atom is 0.300 e. The Labute approximate surface area is 80.5 Å². The minimum absolute atomic E-state index is 0.198. The van der Waals surface area contributed by atoms with Crippen molar-refractivity contribution in [3.8, 4) is 17.2 Å². The number of phenols is 1. The van der Waals surface area contributed by atoms with Gasteiger partial charge < -0.3 is 19.7 Å². The smallest absolute Gasteiger partial charge is 0.300 e. The minimum atomic E-state index is -0.833. The Morgan fingerprint density at radius 1 is 1.36 bits per heavy atom. The van der Waals surface area contributed by atoms with Gasteiger partial charge in [0.15, 0.2) is 11.5 Å². The van der Waals surface area contributed by atoms with Gasteiger partial charge in [0.1, 0.15) is 5.75 Å². The largest absolute Gasteiger partial charge is 0.508 e. The van der Waals surface area contributed by atoms with Crippen LogP contribution in [0.1, 0.15) is 6.92 Å². The fraction of sp³-hybridized carbons (Fsp3) is 0.222. The number of phenolic OH excluding ortho intramolecular Hbond substituents is 1. The van der Waals surface area contributed by atoms with Gasteiger partial charge in [-0.1, -0.05) is 0 Å². The molecular weight excluding hydrogens is 188 g/mol. The van der Waals surface area contributed by atoms with E-state index >= 15 is 0 Å². The van der Waals surface area contributed by atoms with Crippen molar-refractivity contribution in [2.45, 2.75) is 6.92 Å². The van der Waals surface area contributed by atoms with Crippen LogP contribution in [0.4, 0.5) is 0 Å². The third kappa shape index (κ3) is 2.85. The molecule has 5 heteroatoms. The number of carboxylic acid groups (broad SMARTS) is 1. The first-order valence-electron chi connectivity index (χ1n) is 3.87. The summed E-state index contributed by atoms with van der Waals surface area (Å²) in [6.45, 7) is 1.33. The zero-order chi connectivity index (χ0) is 10.6. The van der Waals surface area contributed by atoms with E-state index in [1.165, 1.54) is 6.07 Å². The Balaban J connectivity index is 0.000000213. The lowest BCUT2D eigenvalue weighted by molar-refractivity contribution is -0.134. The van der Waals surface area contributed by atoms with Gasteiger partial charge in [-0.2, -0.15) is 0 Å². The summed E-state index contributed by atoms with van der Waals surface area (Å²) in [5, 5.41) is 16.4. The van der Waals surface area contributed by atoms with E-state index in [1.54, 1.807) is 12.1 Å². The number of hydrogen-bond donors (Lipinski definition) is 2. The van der Waals surface area contributed by atoms with Crippen molar-refractivity contribution in [3.63, 3.8) is 0 Å². The van der Waals surface area contributed by atoms with Crippen molar-refractivity contribution in [3.05, 3.63) is 18.2 Å². The first kappa shape index (κ1) is 10.2. The molecule has 0 unspecified atom stereocenters. The average Bonchev–Trinajstić information content (AvgIpc) is 2.49. The predicted molar refractivity (Wildman–Crippen MR) is 47.5 cm³/mol. The van der Waals surface area contributed by atoms with Crippen LogP contribution < -0.4 is 9.47 Å². The molecule has 1 aliphatic rings. The van der Waals surface area contributed by atoms with Gasteiger partial charge in [0.05, 0.1) is 0 Å². The SMILES string of the molecule is CC(=O)O.Oc1ccc2c(c1)OCO2. The van der Waals surface area contributed by atoms with Crippen molar-refractivity contribution in [1.82, 2.24) is 0 Å². The van der Waals surface area contributed by atoms with Crippen LogP contribution >= 0.6 is 0 Å². The van der Waals surface area contributed by atoms with Crippen molar-refractivity contribution < 1.29 is 24.5 Å². The van der Waals surface area contributed by atoms with E-state index in [-0.39, 0.29) is 12.5 Å². The van der Waals surface area contributed by atoms with Gasteiger partial charge in [0, 0.05) is 13.0 Å². The third-order valence-corrected chi connectivity index (χ3v) is 1.36. The fourth-order valence-electron chi connectivity index (χ4n) is 0.885. The molecule has 14 heavy (non-hydrogen) atoms. The number of aromatic hydroxyl groups is 1. The molecule has 1 aromatic rings. The number of carbonyl (C=O) groups is 1. The van der Waals surface area contributed by atoms with Gasteiger partial charge >= 0.3 is 0 Å². The molecule has 2 N–H and O–H groups in total. The van der Waals surface area contributed by atoms with Crippen LogP contribution in [0.3, 0.4) is 0 Å². The van der Waals surface area contributed by atoms with Gasteiger partial charge in [-0.05, 0) is 12.1 Å². The van der Waals surface area contributed by atoms with Crippen LogP contribution in [0.5, 0.6) is 17.2 Å². The lowest BCUT2D eigenvalue weighted by Crippen LogP contribution is -1.92. The molecule has 0 amide bonds. The molecular formula is C9H10O5. The number of ether oxygens (including phenoxy) is 2. The van der Waals surface area contributed by atoms with Crippen LogP contribution in [0.25, 0.3) is 0 Å². The van der Waals surface area contributed by atoms with Crippen molar-refractivity contribution in [2.75, 3.05) is 6.79 Å². The molecule has 0 saturated carbocycles. The third-order valence-electron chi connectivity index (χ3n) is 1.36. The molecule has 0 saturated heterocycles. The second kappa shape index (κ2) is 4.36. The van der Waals surface area contributed by atoms with Gasteiger partial charge in [-0.25, -0.2) is 0 Å². The molecule has 0 radical (unpaired) electrons. The Morgan fingerprint density at radius 2 is 1.93 bits per heavy atom. The van der Waals surface area contributed by atoms with Crippen LogP contribution in [0, 0.1) is 0 Å². The molecule has 2 rings (SSSR count). The molecule has 0 aromatic heterocycles. The molecule has 0 atom stereocenters. The quantitative estimate of drug-likeness (QED) is 0.655. The first-order valence-corrected chi connectivity index (χ1v) is 3.87. The van der Waals surface area contributed by atoms with Crippen LogP contribution in [0.15, 0.2) is 18.2 Å². The monoisotopic (exact) mass is 198 g/mol. The highest BCUT2D eigenvalue weighted by atomic mass is 16.7. The second-order valence-corrected chi connectivity index (χ2v) is 2.56. The zero-order valence-electron chi connectivity index (χ0n) is 7.56. The van der Waals surface area contributed by atoms with E-state index in [9.17, 15) is 0 Å². The van der Waals surface area contributed by atoms with E-state index in [2.05, 4.69) is 0 Å². The maximum absolute atomic E-state index is 9.00. The summed E-state index contributed by atoms with van der Waals surface area (Å²) >= 11 is 0. The Morgan fingerprint density at radius 3 is 2.57 bits per heavy atom. The summed E-state index contributed by atoms with van der Waals surface area (Å²) in [5.41, 5.74) is 0. The van der Waals surface area contributed by atoms with E-state index in [0.717, 1.165) is 6.92 Å². The Hall–Kier alpha value is -1.91. The number of rotatable bonds is 0. The van der Waals surface area contributed by atoms with Crippen LogP contribution in [0.2, 0.25) is 0 Å². The molecule has 5 nitrogen and oxygen atoms in total. The number of hydrogen-bond acceptors (Lipinski definition) is 4. The summed E-state index contributed by atoms with van der Waals surface area (Å²) < 4.78 is 10.0. The van der Waals surface area contributed by atoms with E-state index in [1.807, 2.05) is 0 Å². The average molecular weight is 198 g/mol. The van der Waals surface area contributed by atoms with Crippen molar-refractivity contribution >= 4 is 5.97 Å². The molecule has 1 heterocycles.